The lowest BCUT2D eigenvalue weighted by atomic mass is 9.95. The molecule has 1 aliphatic rings. The number of nitrogens with zero attached hydrogens (tertiary/aromatic N) is 1. The maximum Gasteiger partial charge on any atom is 0.341 e. The van der Waals surface area contributed by atoms with Gasteiger partial charge < -0.3 is 19.6 Å². The lowest BCUT2D eigenvalue weighted by Crippen LogP contribution is -2.16. The van der Waals surface area contributed by atoms with E-state index in [1.807, 2.05) is 5.38 Å². The summed E-state index contributed by atoms with van der Waals surface area (Å²) in [7, 11) is 0. The predicted molar refractivity (Wildman–Crippen MR) is 121 cm³/mol. The fourth-order valence-corrected chi connectivity index (χ4v) is 4.86. The summed E-state index contributed by atoms with van der Waals surface area (Å²) in [6.07, 6.45) is 0. The number of H-pyrrole nitrogens is 1. The molecular weight excluding hydrogens is 452 g/mol. The van der Waals surface area contributed by atoms with Gasteiger partial charge in [0, 0.05) is 0 Å². The van der Waals surface area contributed by atoms with Gasteiger partial charge in [-0.05, 0) is 36.7 Å². The summed E-state index contributed by atoms with van der Waals surface area (Å²) in [5.41, 5.74) is -0.0383. The second-order valence-corrected chi connectivity index (χ2v) is 8.41. The van der Waals surface area contributed by atoms with Crippen molar-refractivity contribution in [3.8, 4) is 16.5 Å². The van der Waals surface area contributed by atoms with Crippen LogP contribution in [0.15, 0.2) is 45.6 Å². The fourth-order valence-electron chi connectivity index (χ4n) is 3.41. The van der Waals surface area contributed by atoms with Crippen LogP contribution in [-0.4, -0.2) is 46.9 Å². The van der Waals surface area contributed by atoms with E-state index in [2.05, 4.69) is 9.98 Å². The summed E-state index contributed by atoms with van der Waals surface area (Å²) >= 11 is 2.63. The van der Waals surface area contributed by atoms with Crippen molar-refractivity contribution in [1.29, 1.82) is 0 Å². The topological polar surface area (TPSA) is 118 Å². The maximum atomic E-state index is 13.1. The molecule has 0 atom stereocenters. The number of aromatic hydroxyl groups is 1. The third-order valence-electron chi connectivity index (χ3n) is 4.63. The SMILES string of the molecule is CCOC(=O)C1=C(c2c(O)[nH]c(-c3cccs3)c2C(=O)OCC)C(=O)N=C1c1cccs1. The van der Waals surface area contributed by atoms with Crippen LogP contribution >= 0.6 is 22.7 Å². The average Bonchev–Trinajstić information content (AvgIpc) is 3.54. The number of carbonyl (C=O) groups is 3. The molecule has 1 aliphatic heterocycles. The number of aliphatic imine (C=N–C) groups is 1. The maximum absolute atomic E-state index is 13.1. The molecule has 4 rings (SSSR count). The molecule has 0 bridgehead atoms. The normalized spacial score (nSPS) is 13.4. The van der Waals surface area contributed by atoms with Gasteiger partial charge in [0.15, 0.2) is 5.88 Å². The van der Waals surface area contributed by atoms with Crippen molar-refractivity contribution in [1.82, 2.24) is 4.98 Å². The van der Waals surface area contributed by atoms with E-state index in [1.165, 1.54) is 22.7 Å². The first-order valence-corrected chi connectivity index (χ1v) is 11.5. The van der Waals surface area contributed by atoms with E-state index in [0.717, 1.165) is 0 Å². The first-order valence-electron chi connectivity index (χ1n) is 9.72. The third-order valence-corrected chi connectivity index (χ3v) is 6.39. The highest BCUT2D eigenvalue weighted by molar-refractivity contribution is 7.13. The Labute approximate surface area is 190 Å². The summed E-state index contributed by atoms with van der Waals surface area (Å²) in [6, 6.07) is 7.03. The molecule has 4 heterocycles. The first-order chi connectivity index (χ1) is 15.5. The van der Waals surface area contributed by atoms with E-state index in [9.17, 15) is 19.5 Å². The molecule has 10 heteroatoms. The van der Waals surface area contributed by atoms with Crippen LogP contribution in [0.4, 0.5) is 0 Å². The van der Waals surface area contributed by atoms with Crippen LogP contribution in [0.2, 0.25) is 0 Å². The van der Waals surface area contributed by atoms with Gasteiger partial charge in [-0.15, -0.1) is 22.7 Å². The second-order valence-electron chi connectivity index (χ2n) is 6.51. The molecule has 0 unspecified atom stereocenters. The molecule has 8 nitrogen and oxygen atoms in total. The molecule has 0 saturated carbocycles. The van der Waals surface area contributed by atoms with E-state index in [-0.39, 0.29) is 41.2 Å². The third kappa shape index (κ3) is 3.67. The van der Waals surface area contributed by atoms with Crippen molar-refractivity contribution in [3.05, 3.63) is 56.6 Å². The Bertz CT molecular complexity index is 1250. The van der Waals surface area contributed by atoms with Gasteiger partial charge in [-0.3, -0.25) is 4.79 Å². The molecule has 0 saturated heterocycles. The molecule has 0 fully saturated rings. The highest BCUT2D eigenvalue weighted by Crippen LogP contribution is 2.42. The number of nitrogens with one attached hydrogen (secondary N) is 1. The van der Waals surface area contributed by atoms with Gasteiger partial charge in [0.2, 0.25) is 0 Å². The van der Waals surface area contributed by atoms with Crippen molar-refractivity contribution in [2.45, 2.75) is 13.8 Å². The summed E-state index contributed by atoms with van der Waals surface area (Å²) < 4.78 is 10.4. The highest BCUT2D eigenvalue weighted by atomic mass is 32.1. The number of hydrogen-bond donors (Lipinski definition) is 2. The number of carbonyl (C=O) groups excluding carboxylic acids is 3. The molecule has 0 radical (unpaired) electrons. The van der Waals surface area contributed by atoms with Crippen LogP contribution in [0.3, 0.4) is 0 Å². The van der Waals surface area contributed by atoms with Crippen LogP contribution in [0.1, 0.15) is 34.6 Å². The monoisotopic (exact) mass is 470 g/mol. The zero-order valence-electron chi connectivity index (χ0n) is 17.1. The van der Waals surface area contributed by atoms with E-state index < -0.39 is 23.7 Å². The highest BCUT2D eigenvalue weighted by Gasteiger charge is 2.40. The molecule has 2 N–H and O–H groups in total. The zero-order valence-corrected chi connectivity index (χ0v) is 18.8. The van der Waals surface area contributed by atoms with Crippen LogP contribution in [0.5, 0.6) is 5.88 Å². The molecule has 32 heavy (non-hydrogen) atoms. The molecule has 0 spiro atoms. The minimum absolute atomic E-state index is 0.0421. The second kappa shape index (κ2) is 8.93. The van der Waals surface area contributed by atoms with Crippen molar-refractivity contribution in [2.75, 3.05) is 13.2 Å². The Morgan fingerprint density at radius 1 is 1.03 bits per heavy atom. The van der Waals surface area contributed by atoms with Gasteiger partial charge in [-0.2, -0.15) is 0 Å². The minimum atomic E-state index is -0.770. The van der Waals surface area contributed by atoms with Crippen LogP contribution < -0.4 is 0 Å². The smallest absolute Gasteiger partial charge is 0.341 e. The van der Waals surface area contributed by atoms with Crippen molar-refractivity contribution < 1.29 is 29.0 Å². The number of thiophene rings is 2. The number of esters is 2. The Hall–Kier alpha value is -3.50. The van der Waals surface area contributed by atoms with Gasteiger partial charge in [0.05, 0.1) is 51.1 Å². The summed E-state index contributed by atoms with van der Waals surface area (Å²) in [6.45, 7) is 3.45. The Kier molecular flexibility index (Phi) is 6.06. The molecule has 3 aromatic rings. The number of hydrogen-bond acceptors (Lipinski definition) is 8. The van der Waals surface area contributed by atoms with Gasteiger partial charge >= 0.3 is 11.9 Å². The number of ether oxygens (including phenoxy) is 2. The number of amides is 1. The number of rotatable bonds is 7. The lowest BCUT2D eigenvalue weighted by Gasteiger charge is -2.09. The number of aromatic nitrogens is 1. The predicted octanol–water partition coefficient (Wildman–Crippen LogP) is 4.03. The van der Waals surface area contributed by atoms with Gasteiger partial charge in [0.1, 0.15) is 5.57 Å². The van der Waals surface area contributed by atoms with Crippen LogP contribution in [-0.2, 0) is 19.1 Å². The van der Waals surface area contributed by atoms with Gasteiger partial charge in [-0.25, -0.2) is 14.6 Å². The zero-order chi connectivity index (χ0) is 22.8. The van der Waals surface area contributed by atoms with Gasteiger partial charge in [0.25, 0.3) is 5.91 Å². The summed E-state index contributed by atoms with van der Waals surface area (Å²) in [5, 5.41) is 14.4. The summed E-state index contributed by atoms with van der Waals surface area (Å²) in [5.74, 6) is -2.71. The quantitative estimate of drug-likeness (QED) is 0.503. The Balaban J connectivity index is 2.01. The van der Waals surface area contributed by atoms with Crippen molar-refractivity contribution in [3.63, 3.8) is 0 Å². The van der Waals surface area contributed by atoms with Crippen LogP contribution in [0.25, 0.3) is 16.1 Å². The first kappa shape index (κ1) is 21.7. The van der Waals surface area contributed by atoms with E-state index in [0.29, 0.717) is 15.4 Å². The van der Waals surface area contributed by atoms with E-state index in [4.69, 9.17) is 9.47 Å². The van der Waals surface area contributed by atoms with Crippen LogP contribution in [0, 0.1) is 0 Å². The lowest BCUT2D eigenvalue weighted by molar-refractivity contribution is -0.137. The molecule has 3 aromatic heterocycles. The van der Waals surface area contributed by atoms with E-state index >= 15 is 0 Å². The number of aromatic amines is 1. The average molecular weight is 471 g/mol. The Morgan fingerprint density at radius 2 is 1.66 bits per heavy atom. The standard InChI is InChI=1S/C22H18N2O6S2/c1-3-29-21(27)15-13(19(25)23-17(15)11-7-5-9-31-11)14-16(22(28)30-4-2)18(24-20(14)26)12-8-6-10-32-12/h5-10,23,25H,3-4H2,1-2H3. The fraction of sp³-hybridized carbons (Fsp3) is 0.182. The largest absolute Gasteiger partial charge is 0.494 e. The molecule has 1 amide bonds. The molecule has 164 valence electrons. The molecule has 0 aromatic carbocycles. The summed E-state index contributed by atoms with van der Waals surface area (Å²) in [4.78, 5) is 47.0. The van der Waals surface area contributed by atoms with Gasteiger partial charge in [-0.1, -0.05) is 12.1 Å². The van der Waals surface area contributed by atoms with E-state index in [1.54, 1.807) is 43.5 Å². The van der Waals surface area contributed by atoms with Crippen molar-refractivity contribution in [2.24, 2.45) is 4.99 Å². The van der Waals surface area contributed by atoms with Crippen molar-refractivity contribution >= 4 is 51.8 Å². The molecular formula is C22H18N2O6S2. The molecule has 0 aliphatic carbocycles. The Morgan fingerprint density at radius 3 is 2.25 bits per heavy atom. The minimum Gasteiger partial charge on any atom is -0.494 e.